The Bertz CT molecular complexity index is 636. The third-order valence-corrected chi connectivity index (χ3v) is 4.33. The zero-order valence-electron chi connectivity index (χ0n) is 13.6. The van der Waals surface area contributed by atoms with Gasteiger partial charge in [0.25, 0.3) is 5.91 Å². The molecule has 1 atom stereocenters. The monoisotopic (exact) mass is 309 g/mol. The van der Waals surface area contributed by atoms with Gasteiger partial charge in [-0.2, -0.15) is 0 Å². The lowest BCUT2D eigenvalue weighted by Crippen LogP contribution is -2.41. The molecule has 3 nitrogen and oxygen atoms in total. The summed E-state index contributed by atoms with van der Waals surface area (Å²) < 4.78 is 5.66. The Labute approximate surface area is 137 Å². The Morgan fingerprint density at radius 2 is 1.78 bits per heavy atom. The average Bonchev–Trinajstić information content (AvgIpc) is 2.61. The fourth-order valence-corrected chi connectivity index (χ4v) is 3.03. The summed E-state index contributed by atoms with van der Waals surface area (Å²) >= 11 is 0. The molecule has 1 aliphatic heterocycles. The molecular weight excluding hydrogens is 286 g/mol. The van der Waals surface area contributed by atoms with Crippen LogP contribution in [0.5, 0.6) is 5.75 Å². The number of benzene rings is 2. The summed E-state index contributed by atoms with van der Waals surface area (Å²) in [5.41, 5.74) is 2.33. The van der Waals surface area contributed by atoms with Crippen molar-refractivity contribution in [1.29, 1.82) is 0 Å². The first-order valence-corrected chi connectivity index (χ1v) is 8.28. The van der Waals surface area contributed by atoms with Crippen LogP contribution in [0.15, 0.2) is 54.6 Å². The number of amides is 1. The molecule has 1 fully saturated rings. The molecule has 1 saturated heterocycles. The number of rotatable bonds is 4. The lowest BCUT2D eigenvalue weighted by Gasteiger charge is -2.30. The van der Waals surface area contributed by atoms with Crippen LogP contribution in [-0.4, -0.2) is 30.5 Å². The summed E-state index contributed by atoms with van der Waals surface area (Å²) in [7, 11) is 0. The van der Waals surface area contributed by atoms with E-state index in [1.54, 1.807) is 0 Å². The van der Waals surface area contributed by atoms with Crippen molar-refractivity contribution in [3.05, 3.63) is 54.6 Å². The highest BCUT2D eigenvalue weighted by Gasteiger charge is 2.21. The van der Waals surface area contributed by atoms with Gasteiger partial charge in [-0.1, -0.05) is 49.4 Å². The maximum atomic E-state index is 12.2. The molecule has 0 saturated carbocycles. The molecular formula is C20H23NO2. The molecule has 120 valence electrons. The van der Waals surface area contributed by atoms with E-state index in [1.165, 1.54) is 12.0 Å². The Morgan fingerprint density at radius 3 is 2.48 bits per heavy atom. The molecule has 0 spiro atoms. The summed E-state index contributed by atoms with van der Waals surface area (Å²) in [5.74, 6) is 1.42. The molecule has 0 aromatic heterocycles. The first-order chi connectivity index (χ1) is 11.2. The Morgan fingerprint density at radius 1 is 1.09 bits per heavy atom. The van der Waals surface area contributed by atoms with Crippen LogP contribution in [0.1, 0.15) is 19.8 Å². The van der Waals surface area contributed by atoms with Crippen molar-refractivity contribution in [2.75, 3.05) is 19.7 Å². The second-order valence-corrected chi connectivity index (χ2v) is 6.27. The summed E-state index contributed by atoms with van der Waals surface area (Å²) in [5, 5.41) is 0. The summed E-state index contributed by atoms with van der Waals surface area (Å²) in [4.78, 5) is 14.1. The smallest absolute Gasteiger partial charge is 0.260 e. The Kier molecular flexibility index (Phi) is 4.96. The molecule has 0 N–H and O–H groups in total. The van der Waals surface area contributed by atoms with E-state index in [0.717, 1.165) is 30.8 Å². The van der Waals surface area contributed by atoms with Gasteiger partial charge in [-0.05, 0) is 42.0 Å². The quantitative estimate of drug-likeness (QED) is 0.854. The maximum Gasteiger partial charge on any atom is 0.260 e. The lowest BCUT2D eigenvalue weighted by atomic mass is 10.0. The minimum atomic E-state index is 0.0867. The predicted octanol–water partition coefficient (Wildman–Crippen LogP) is 3.99. The Balaban J connectivity index is 1.55. The average molecular weight is 309 g/mol. The van der Waals surface area contributed by atoms with Crippen LogP contribution >= 0.6 is 0 Å². The molecule has 2 aromatic rings. The van der Waals surface area contributed by atoms with E-state index >= 15 is 0 Å². The molecule has 3 rings (SSSR count). The number of piperidine rings is 1. The normalized spacial score (nSPS) is 17.8. The second-order valence-electron chi connectivity index (χ2n) is 6.27. The number of ether oxygens (including phenoxy) is 1. The maximum absolute atomic E-state index is 12.2. The molecule has 0 aliphatic carbocycles. The molecule has 0 unspecified atom stereocenters. The minimum absolute atomic E-state index is 0.0867. The van der Waals surface area contributed by atoms with Crippen LogP contribution < -0.4 is 4.74 Å². The fourth-order valence-electron chi connectivity index (χ4n) is 3.03. The lowest BCUT2D eigenvalue weighted by molar-refractivity contribution is -0.135. The molecule has 2 aromatic carbocycles. The van der Waals surface area contributed by atoms with Crippen molar-refractivity contribution >= 4 is 5.91 Å². The van der Waals surface area contributed by atoms with Gasteiger partial charge in [0.15, 0.2) is 6.61 Å². The van der Waals surface area contributed by atoms with Gasteiger partial charge < -0.3 is 9.64 Å². The van der Waals surface area contributed by atoms with Crippen LogP contribution in [0, 0.1) is 5.92 Å². The fraction of sp³-hybridized carbons (Fsp3) is 0.350. The van der Waals surface area contributed by atoms with E-state index in [1.807, 2.05) is 47.4 Å². The molecule has 0 bridgehead atoms. The number of hydrogen-bond acceptors (Lipinski definition) is 2. The second kappa shape index (κ2) is 7.32. The minimum Gasteiger partial charge on any atom is -0.484 e. The van der Waals surface area contributed by atoms with Crippen molar-refractivity contribution in [3.63, 3.8) is 0 Å². The highest BCUT2D eigenvalue weighted by Crippen LogP contribution is 2.22. The van der Waals surface area contributed by atoms with Crippen molar-refractivity contribution in [2.45, 2.75) is 19.8 Å². The highest BCUT2D eigenvalue weighted by atomic mass is 16.5. The third-order valence-electron chi connectivity index (χ3n) is 4.33. The van der Waals surface area contributed by atoms with E-state index in [2.05, 4.69) is 19.1 Å². The third kappa shape index (κ3) is 4.13. The van der Waals surface area contributed by atoms with Gasteiger partial charge in [-0.25, -0.2) is 0 Å². The van der Waals surface area contributed by atoms with E-state index in [9.17, 15) is 4.79 Å². The summed E-state index contributed by atoms with van der Waals surface area (Å²) in [6.45, 7) is 4.04. The number of likely N-dealkylation sites (tertiary alicyclic amines) is 1. The number of carbonyl (C=O) groups is 1. The zero-order chi connectivity index (χ0) is 16.1. The van der Waals surface area contributed by atoms with Crippen LogP contribution in [-0.2, 0) is 4.79 Å². The van der Waals surface area contributed by atoms with E-state index in [4.69, 9.17) is 4.74 Å². The number of nitrogens with zero attached hydrogens (tertiary/aromatic N) is 1. The molecule has 3 heteroatoms. The van der Waals surface area contributed by atoms with Gasteiger partial charge in [0.1, 0.15) is 5.75 Å². The van der Waals surface area contributed by atoms with Gasteiger partial charge in [0.2, 0.25) is 0 Å². The van der Waals surface area contributed by atoms with Crippen LogP contribution in [0.2, 0.25) is 0 Å². The van der Waals surface area contributed by atoms with Crippen LogP contribution in [0.25, 0.3) is 11.1 Å². The van der Waals surface area contributed by atoms with Crippen LogP contribution in [0.4, 0.5) is 0 Å². The zero-order valence-corrected chi connectivity index (χ0v) is 13.6. The van der Waals surface area contributed by atoms with Gasteiger partial charge >= 0.3 is 0 Å². The topological polar surface area (TPSA) is 29.5 Å². The van der Waals surface area contributed by atoms with Gasteiger partial charge in [0, 0.05) is 13.1 Å². The van der Waals surface area contributed by atoms with E-state index in [-0.39, 0.29) is 12.5 Å². The van der Waals surface area contributed by atoms with Crippen molar-refractivity contribution < 1.29 is 9.53 Å². The molecule has 23 heavy (non-hydrogen) atoms. The first-order valence-electron chi connectivity index (χ1n) is 8.28. The number of hydrogen-bond donors (Lipinski definition) is 0. The van der Waals surface area contributed by atoms with Crippen LogP contribution in [0.3, 0.4) is 0 Å². The van der Waals surface area contributed by atoms with Crippen molar-refractivity contribution in [1.82, 2.24) is 4.90 Å². The summed E-state index contributed by atoms with van der Waals surface area (Å²) in [6, 6.07) is 18.1. The SMILES string of the molecule is C[C@H]1CCCN(C(=O)COc2ccc(-c3ccccc3)cc2)C1. The predicted molar refractivity (Wildman–Crippen MR) is 92.4 cm³/mol. The highest BCUT2D eigenvalue weighted by molar-refractivity contribution is 5.78. The summed E-state index contributed by atoms with van der Waals surface area (Å²) in [6.07, 6.45) is 2.31. The van der Waals surface area contributed by atoms with Crippen molar-refractivity contribution in [2.24, 2.45) is 5.92 Å². The van der Waals surface area contributed by atoms with E-state index < -0.39 is 0 Å². The largest absolute Gasteiger partial charge is 0.484 e. The van der Waals surface area contributed by atoms with Gasteiger partial charge in [-0.3, -0.25) is 4.79 Å². The molecule has 1 aliphatic rings. The van der Waals surface area contributed by atoms with Gasteiger partial charge in [-0.15, -0.1) is 0 Å². The molecule has 1 amide bonds. The standard InChI is InChI=1S/C20H23NO2/c1-16-6-5-13-21(14-16)20(22)15-23-19-11-9-18(10-12-19)17-7-3-2-4-8-17/h2-4,7-12,16H,5-6,13-15H2,1H3/t16-/m0/s1. The van der Waals surface area contributed by atoms with Crippen molar-refractivity contribution in [3.8, 4) is 16.9 Å². The van der Waals surface area contributed by atoms with E-state index in [0.29, 0.717) is 5.92 Å². The first kappa shape index (κ1) is 15.6. The Hall–Kier alpha value is -2.29. The number of carbonyl (C=O) groups excluding carboxylic acids is 1. The molecule has 0 radical (unpaired) electrons. The molecule has 1 heterocycles. The van der Waals surface area contributed by atoms with Gasteiger partial charge in [0.05, 0.1) is 0 Å².